The van der Waals surface area contributed by atoms with Gasteiger partial charge in [0.25, 0.3) is 0 Å². The number of rotatable bonds is 2. The minimum Gasteiger partial charge on any atom is -0.306 e. The molecule has 1 unspecified atom stereocenters. The molecule has 1 saturated heterocycles. The highest BCUT2D eigenvalue weighted by atomic mass is 32.2. The Morgan fingerprint density at radius 3 is 2.82 bits per heavy atom. The van der Waals surface area contributed by atoms with Crippen molar-refractivity contribution < 1.29 is 13.6 Å². The van der Waals surface area contributed by atoms with Crippen molar-refractivity contribution in [2.75, 3.05) is 18.1 Å². The number of ketones is 1. The molecule has 1 aromatic carbocycles. The first-order chi connectivity index (χ1) is 8.11. The van der Waals surface area contributed by atoms with Crippen LogP contribution in [0.5, 0.6) is 0 Å². The predicted octanol–water partition coefficient (Wildman–Crippen LogP) is 2.16. The second-order valence-corrected chi connectivity index (χ2v) is 5.15. The Hall–Kier alpha value is -0.940. The Bertz CT molecular complexity index is 444. The van der Waals surface area contributed by atoms with Crippen LogP contribution in [0, 0.1) is 18.6 Å². The number of hydrogen-bond acceptors (Lipinski definition) is 3. The molecule has 1 aromatic rings. The molecule has 0 aromatic heterocycles. The summed E-state index contributed by atoms with van der Waals surface area (Å²) in [6.45, 7) is 2.19. The molecule has 92 valence electrons. The molecule has 5 heteroatoms. The van der Waals surface area contributed by atoms with Crippen LogP contribution >= 0.6 is 11.8 Å². The van der Waals surface area contributed by atoms with Gasteiger partial charge in [-0.25, -0.2) is 8.78 Å². The third-order valence-electron chi connectivity index (χ3n) is 2.78. The van der Waals surface area contributed by atoms with Crippen LogP contribution in [0.25, 0.3) is 0 Å². The summed E-state index contributed by atoms with van der Waals surface area (Å²) in [6.07, 6.45) is 0. The summed E-state index contributed by atoms with van der Waals surface area (Å²) in [5.74, 6) is -0.789. The maximum atomic E-state index is 13.6. The molecule has 0 bridgehead atoms. The van der Waals surface area contributed by atoms with Crippen molar-refractivity contribution in [1.29, 1.82) is 0 Å². The fourth-order valence-electron chi connectivity index (χ4n) is 1.76. The van der Waals surface area contributed by atoms with Crippen molar-refractivity contribution in [2.45, 2.75) is 13.0 Å². The second kappa shape index (κ2) is 5.14. The minimum absolute atomic E-state index is 0.159. The van der Waals surface area contributed by atoms with Gasteiger partial charge in [0.1, 0.15) is 0 Å². The lowest BCUT2D eigenvalue weighted by Crippen LogP contribution is -2.43. The zero-order valence-corrected chi connectivity index (χ0v) is 10.2. The van der Waals surface area contributed by atoms with E-state index in [1.807, 2.05) is 0 Å². The van der Waals surface area contributed by atoms with Gasteiger partial charge >= 0.3 is 0 Å². The van der Waals surface area contributed by atoms with Crippen LogP contribution in [0.2, 0.25) is 0 Å². The number of nitrogens with one attached hydrogen (secondary N) is 1. The number of carbonyl (C=O) groups excluding carboxylic acids is 1. The Morgan fingerprint density at radius 1 is 1.41 bits per heavy atom. The molecule has 1 aliphatic heterocycles. The first kappa shape index (κ1) is 12.5. The molecule has 17 heavy (non-hydrogen) atoms. The summed E-state index contributed by atoms with van der Waals surface area (Å²) < 4.78 is 27.0. The molecule has 1 fully saturated rings. The van der Waals surface area contributed by atoms with Crippen LogP contribution in [-0.2, 0) is 0 Å². The normalized spacial score (nSPS) is 20.3. The number of benzene rings is 1. The molecule has 0 amide bonds. The third-order valence-corrected chi connectivity index (χ3v) is 3.84. The summed E-state index contributed by atoms with van der Waals surface area (Å²) in [6, 6.07) is 2.38. The smallest absolute Gasteiger partial charge is 0.183 e. The van der Waals surface area contributed by atoms with Gasteiger partial charge in [-0.15, -0.1) is 0 Å². The first-order valence-corrected chi connectivity index (χ1v) is 6.56. The van der Waals surface area contributed by atoms with E-state index in [9.17, 15) is 13.6 Å². The lowest BCUT2D eigenvalue weighted by Gasteiger charge is -2.22. The lowest BCUT2D eigenvalue weighted by molar-refractivity contribution is 0.0948. The Balaban J connectivity index is 2.27. The molecule has 0 radical (unpaired) electrons. The van der Waals surface area contributed by atoms with Gasteiger partial charge < -0.3 is 5.32 Å². The maximum absolute atomic E-state index is 13.6. The molecular formula is C12H13F2NOS. The van der Waals surface area contributed by atoms with E-state index in [2.05, 4.69) is 5.32 Å². The van der Waals surface area contributed by atoms with Crippen molar-refractivity contribution in [1.82, 2.24) is 5.32 Å². The SMILES string of the molecule is Cc1ccc(C(=O)C2CSCCN2)c(F)c1F. The number of halogens is 2. The monoisotopic (exact) mass is 257 g/mol. The van der Waals surface area contributed by atoms with Gasteiger partial charge in [0.2, 0.25) is 0 Å². The van der Waals surface area contributed by atoms with Crippen LogP contribution < -0.4 is 5.32 Å². The maximum Gasteiger partial charge on any atom is 0.183 e. The van der Waals surface area contributed by atoms with Gasteiger partial charge in [-0.3, -0.25) is 4.79 Å². The summed E-state index contributed by atoms with van der Waals surface area (Å²) in [4.78, 5) is 12.0. The number of thioether (sulfide) groups is 1. The van der Waals surface area contributed by atoms with Gasteiger partial charge in [-0.1, -0.05) is 6.07 Å². The van der Waals surface area contributed by atoms with Crippen LogP contribution in [-0.4, -0.2) is 29.9 Å². The van der Waals surface area contributed by atoms with Crippen LogP contribution in [0.1, 0.15) is 15.9 Å². The minimum atomic E-state index is -1.03. The first-order valence-electron chi connectivity index (χ1n) is 5.41. The van der Waals surface area contributed by atoms with Crippen molar-refractivity contribution in [2.24, 2.45) is 0 Å². The molecule has 1 heterocycles. The van der Waals surface area contributed by atoms with Crippen molar-refractivity contribution in [3.8, 4) is 0 Å². The Morgan fingerprint density at radius 2 is 2.18 bits per heavy atom. The number of aryl methyl sites for hydroxylation is 1. The summed E-state index contributed by atoms with van der Waals surface area (Å²) >= 11 is 1.64. The van der Waals surface area contributed by atoms with Crippen molar-refractivity contribution >= 4 is 17.5 Å². The fourth-order valence-corrected chi connectivity index (χ4v) is 2.69. The van der Waals surface area contributed by atoms with Crippen LogP contribution in [0.3, 0.4) is 0 Å². The number of Topliss-reactive ketones (excluding diaryl/α,β-unsaturated/α-hetero) is 1. The zero-order valence-electron chi connectivity index (χ0n) is 9.43. The fraction of sp³-hybridized carbons (Fsp3) is 0.417. The second-order valence-electron chi connectivity index (χ2n) is 4.00. The standard InChI is InChI=1S/C12H13F2NOS/c1-7-2-3-8(11(14)10(7)13)12(16)9-6-17-5-4-15-9/h2-3,9,15H,4-6H2,1H3. The van der Waals surface area contributed by atoms with E-state index < -0.39 is 17.7 Å². The average Bonchev–Trinajstić information content (AvgIpc) is 2.36. The van der Waals surface area contributed by atoms with E-state index in [1.165, 1.54) is 19.1 Å². The Labute approximate surface area is 103 Å². The van der Waals surface area contributed by atoms with Crippen LogP contribution in [0.15, 0.2) is 12.1 Å². The highest BCUT2D eigenvalue weighted by molar-refractivity contribution is 7.99. The number of hydrogen-bond donors (Lipinski definition) is 1. The molecule has 1 N–H and O–H groups in total. The molecule has 1 aliphatic rings. The van der Waals surface area contributed by atoms with Gasteiger partial charge in [-0.2, -0.15) is 11.8 Å². The van der Waals surface area contributed by atoms with E-state index in [0.29, 0.717) is 5.75 Å². The van der Waals surface area contributed by atoms with Gasteiger partial charge in [0.15, 0.2) is 17.4 Å². The Kier molecular flexibility index (Phi) is 3.79. The third kappa shape index (κ3) is 2.50. The molecule has 0 aliphatic carbocycles. The number of carbonyl (C=O) groups is 1. The average molecular weight is 257 g/mol. The van der Waals surface area contributed by atoms with E-state index in [0.717, 1.165) is 12.3 Å². The van der Waals surface area contributed by atoms with E-state index in [-0.39, 0.29) is 16.9 Å². The summed E-state index contributed by atoms with van der Waals surface area (Å²) in [7, 11) is 0. The van der Waals surface area contributed by atoms with Gasteiger partial charge in [0.05, 0.1) is 11.6 Å². The van der Waals surface area contributed by atoms with Crippen LogP contribution in [0.4, 0.5) is 8.78 Å². The molecule has 1 atom stereocenters. The van der Waals surface area contributed by atoms with E-state index in [1.54, 1.807) is 11.8 Å². The topological polar surface area (TPSA) is 29.1 Å². The molecular weight excluding hydrogens is 244 g/mol. The molecule has 2 rings (SSSR count). The summed E-state index contributed by atoms with van der Waals surface area (Å²) in [5.41, 5.74) is 0.0538. The largest absolute Gasteiger partial charge is 0.306 e. The van der Waals surface area contributed by atoms with Gasteiger partial charge in [0, 0.05) is 18.1 Å². The summed E-state index contributed by atoms with van der Waals surface area (Å²) in [5, 5.41) is 3.02. The predicted molar refractivity (Wildman–Crippen MR) is 64.5 cm³/mol. The molecule has 0 spiro atoms. The highest BCUT2D eigenvalue weighted by Gasteiger charge is 2.26. The van der Waals surface area contributed by atoms with Crippen molar-refractivity contribution in [3.05, 3.63) is 34.9 Å². The molecule has 0 saturated carbocycles. The van der Waals surface area contributed by atoms with Crippen molar-refractivity contribution in [3.63, 3.8) is 0 Å². The lowest BCUT2D eigenvalue weighted by atomic mass is 10.0. The molecule has 2 nitrogen and oxygen atoms in total. The van der Waals surface area contributed by atoms with E-state index in [4.69, 9.17) is 0 Å². The highest BCUT2D eigenvalue weighted by Crippen LogP contribution is 2.19. The van der Waals surface area contributed by atoms with Gasteiger partial charge in [-0.05, 0) is 18.6 Å². The quantitative estimate of drug-likeness (QED) is 0.823. The van der Waals surface area contributed by atoms with E-state index >= 15 is 0 Å². The zero-order chi connectivity index (χ0) is 12.4.